The molecule has 0 radical (unpaired) electrons. The van der Waals surface area contributed by atoms with Crippen molar-refractivity contribution < 1.29 is 4.52 Å². The van der Waals surface area contributed by atoms with Gasteiger partial charge in [0.2, 0.25) is 8.45 Å². The van der Waals surface area contributed by atoms with E-state index in [9.17, 15) is 0 Å². The molecule has 1 heterocycles. The summed E-state index contributed by atoms with van der Waals surface area (Å²) in [5.41, 5.74) is 4.79. The van der Waals surface area contributed by atoms with E-state index < -0.39 is 8.45 Å². The molecule has 1 fully saturated rings. The fourth-order valence-electron chi connectivity index (χ4n) is 4.72. The first kappa shape index (κ1) is 25.2. The number of anilines is 2. The third kappa shape index (κ3) is 5.62. The van der Waals surface area contributed by atoms with Gasteiger partial charge in [-0.2, -0.15) is 0 Å². The highest BCUT2D eigenvalue weighted by Crippen LogP contribution is 2.67. The van der Waals surface area contributed by atoms with E-state index in [4.69, 9.17) is 16.7 Å². The van der Waals surface area contributed by atoms with E-state index in [1.807, 2.05) is 7.05 Å². The molecule has 37 heavy (non-hydrogen) atoms. The van der Waals surface area contributed by atoms with Gasteiger partial charge in [-0.3, -0.25) is 0 Å². The van der Waals surface area contributed by atoms with Gasteiger partial charge < -0.3 is 24.5 Å². The molecule has 5 rings (SSSR count). The first-order valence-corrected chi connectivity index (χ1v) is 14.0. The molecule has 2 atom stereocenters. The van der Waals surface area contributed by atoms with Gasteiger partial charge in [0.15, 0.2) is 5.11 Å². The molecule has 0 saturated carbocycles. The summed E-state index contributed by atoms with van der Waals surface area (Å²) in [5.74, 6) is 0. The van der Waals surface area contributed by atoms with Crippen LogP contribution in [0.15, 0.2) is 121 Å². The molecule has 0 aromatic heterocycles. The van der Waals surface area contributed by atoms with Crippen LogP contribution in [0.3, 0.4) is 0 Å². The second kappa shape index (κ2) is 12.2. The van der Waals surface area contributed by atoms with Gasteiger partial charge >= 0.3 is 0 Å². The standard InChI is InChI=1S/C30H31N4OPS/c1-31-30(37)32-22-23-35-36-33(26-18-10-4-11-19-26)28(24-14-6-2-7-15-24)29(25-16-8-3-9-17-25)34(36)27-20-12-5-13-21-27/h2-21,28-29H,22-23H2,1H3,(H2,31,32,37). The maximum absolute atomic E-state index is 6.80. The molecule has 1 saturated heterocycles. The number of nitrogens with one attached hydrogen (secondary N) is 2. The van der Waals surface area contributed by atoms with E-state index in [2.05, 4.69) is 141 Å². The van der Waals surface area contributed by atoms with Crippen molar-refractivity contribution in [1.82, 2.24) is 10.6 Å². The van der Waals surface area contributed by atoms with E-state index in [0.717, 1.165) is 11.4 Å². The Morgan fingerprint density at radius 2 is 1.11 bits per heavy atom. The Balaban J connectivity index is 1.65. The molecular formula is C30H31N4OPS. The van der Waals surface area contributed by atoms with Crippen LogP contribution in [-0.2, 0) is 4.52 Å². The van der Waals surface area contributed by atoms with Gasteiger partial charge in [0.1, 0.15) is 0 Å². The van der Waals surface area contributed by atoms with Crippen molar-refractivity contribution in [2.75, 3.05) is 29.5 Å². The summed E-state index contributed by atoms with van der Waals surface area (Å²) in [6.07, 6.45) is 0. The van der Waals surface area contributed by atoms with Crippen molar-refractivity contribution >= 4 is 37.2 Å². The quantitative estimate of drug-likeness (QED) is 0.149. The molecule has 0 spiro atoms. The Kier molecular flexibility index (Phi) is 8.32. The van der Waals surface area contributed by atoms with Crippen molar-refractivity contribution in [1.29, 1.82) is 0 Å². The predicted octanol–water partition coefficient (Wildman–Crippen LogP) is 6.83. The van der Waals surface area contributed by atoms with Crippen molar-refractivity contribution in [3.8, 4) is 0 Å². The minimum absolute atomic E-state index is 0.0451. The molecule has 2 unspecified atom stereocenters. The van der Waals surface area contributed by atoms with Gasteiger partial charge in [0.25, 0.3) is 0 Å². The van der Waals surface area contributed by atoms with Crippen LogP contribution in [0.5, 0.6) is 0 Å². The molecule has 4 aromatic carbocycles. The van der Waals surface area contributed by atoms with Gasteiger partial charge in [-0.05, 0) is 47.6 Å². The summed E-state index contributed by atoms with van der Waals surface area (Å²) in [7, 11) is 0.597. The van der Waals surface area contributed by atoms with Crippen LogP contribution in [0.2, 0.25) is 0 Å². The molecular weight excluding hydrogens is 495 g/mol. The monoisotopic (exact) mass is 526 g/mol. The number of para-hydroxylation sites is 2. The lowest BCUT2D eigenvalue weighted by Crippen LogP contribution is -2.34. The number of hydrogen-bond acceptors (Lipinski definition) is 4. The Labute approximate surface area is 226 Å². The number of rotatable bonds is 8. The van der Waals surface area contributed by atoms with Crippen molar-refractivity contribution in [3.63, 3.8) is 0 Å². The second-order valence-corrected chi connectivity index (χ2v) is 10.7. The first-order chi connectivity index (χ1) is 18.3. The molecule has 0 aliphatic carbocycles. The summed E-state index contributed by atoms with van der Waals surface area (Å²) >= 11 is 5.27. The third-order valence-corrected chi connectivity index (χ3v) is 8.80. The lowest BCUT2D eigenvalue weighted by atomic mass is 9.92. The largest absolute Gasteiger partial charge is 0.366 e. The van der Waals surface area contributed by atoms with Crippen LogP contribution in [0.1, 0.15) is 23.2 Å². The Hall–Kier alpha value is -3.44. The summed E-state index contributed by atoms with van der Waals surface area (Å²) in [4.78, 5) is 0. The zero-order chi connectivity index (χ0) is 25.5. The van der Waals surface area contributed by atoms with E-state index in [1.54, 1.807) is 0 Å². The highest BCUT2D eigenvalue weighted by atomic mass is 32.1. The van der Waals surface area contributed by atoms with E-state index in [-0.39, 0.29) is 12.1 Å². The lowest BCUT2D eigenvalue weighted by molar-refractivity contribution is 0.355. The minimum atomic E-state index is -1.22. The Morgan fingerprint density at radius 3 is 1.51 bits per heavy atom. The molecule has 4 aromatic rings. The van der Waals surface area contributed by atoms with Gasteiger partial charge in [-0.25, -0.2) is 0 Å². The second-order valence-electron chi connectivity index (χ2n) is 8.66. The minimum Gasteiger partial charge on any atom is -0.366 e. The molecule has 0 amide bonds. The molecule has 2 N–H and O–H groups in total. The number of thiocarbonyl (C=S) groups is 1. The molecule has 188 valence electrons. The highest BCUT2D eigenvalue weighted by Gasteiger charge is 2.50. The van der Waals surface area contributed by atoms with Crippen molar-refractivity contribution in [2.45, 2.75) is 12.1 Å². The van der Waals surface area contributed by atoms with Gasteiger partial charge in [-0.1, -0.05) is 97.1 Å². The molecule has 1 aliphatic heterocycles. The van der Waals surface area contributed by atoms with Crippen LogP contribution < -0.4 is 20.0 Å². The van der Waals surface area contributed by atoms with Crippen LogP contribution in [0.4, 0.5) is 11.4 Å². The van der Waals surface area contributed by atoms with Gasteiger partial charge in [-0.15, -0.1) is 0 Å². The van der Waals surface area contributed by atoms with Crippen molar-refractivity contribution in [2.24, 2.45) is 0 Å². The van der Waals surface area contributed by atoms with Crippen LogP contribution in [-0.4, -0.2) is 25.3 Å². The van der Waals surface area contributed by atoms with Crippen LogP contribution >= 0.6 is 20.7 Å². The van der Waals surface area contributed by atoms with E-state index in [0.29, 0.717) is 18.3 Å². The predicted molar refractivity (Wildman–Crippen MR) is 159 cm³/mol. The SMILES string of the molecule is CNC(=S)NCCOP1N(c2ccccc2)C(c2ccccc2)C(c2ccccc2)N1c1ccccc1. The average Bonchev–Trinajstić information content (AvgIpc) is 3.32. The molecule has 0 bridgehead atoms. The Bertz CT molecular complexity index is 1180. The van der Waals surface area contributed by atoms with Crippen LogP contribution in [0.25, 0.3) is 0 Å². The topological polar surface area (TPSA) is 39.8 Å². The summed E-state index contributed by atoms with van der Waals surface area (Å²) in [5, 5.41) is 6.81. The number of nitrogens with zero attached hydrogens (tertiary/aromatic N) is 2. The fourth-order valence-corrected chi connectivity index (χ4v) is 7.14. The zero-order valence-corrected chi connectivity index (χ0v) is 22.5. The molecule has 7 heteroatoms. The lowest BCUT2D eigenvalue weighted by Gasteiger charge is -2.32. The van der Waals surface area contributed by atoms with E-state index >= 15 is 0 Å². The normalized spacial score (nSPS) is 19.0. The van der Waals surface area contributed by atoms with Crippen LogP contribution in [0, 0.1) is 0 Å². The van der Waals surface area contributed by atoms with Gasteiger partial charge in [0, 0.05) is 25.0 Å². The fraction of sp³-hybridized carbons (Fsp3) is 0.167. The van der Waals surface area contributed by atoms with Crippen molar-refractivity contribution in [3.05, 3.63) is 132 Å². The third-order valence-electron chi connectivity index (χ3n) is 6.34. The maximum Gasteiger partial charge on any atom is 0.249 e. The zero-order valence-electron chi connectivity index (χ0n) is 20.8. The summed E-state index contributed by atoms with van der Waals surface area (Å²) in [6.45, 7) is 1.14. The Morgan fingerprint density at radius 1 is 0.703 bits per heavy atom. The smallest absolute Gasteiger partial charge is 0.249 e. The molecule has 1 aliphatic rings. The first-order valence-electron chi connectivity index (χ1n) is 12.4. The maximum atomic E-state index is 6.80. The number of benzene rings is 4. The summed E-state index contributed by atoms with van der Waals surface area (Å²) < 4.78 is 11.8. The number of hydrogen-bond donors (Lipinski definition) is 2. The molecule has 5 nitrogen and oxygen atoms in total. The average molecular weight is 527 g/mol. The summed E-state index contributed by atoms with van der Waals surface area (Å²) in [6, 6.07) is 42.9. The van der Waals surface area contributed by atoms with Gasteiger partial charge in [0.05, 0.1) is 18.7 Å². The van der Waals surface area contributed by atoms with E-state index in [1.165, 1.54) is 11.1 Å². The highest BCUT2D eigenvalue weighted by molar-refractivity contribution is 7.80.